The number of fused-ring (bicyclic) bond motifs is 2. The lowest BCUT2D eigenvalue weighted by Gasteiger charge is -2.11. The fourth-order valence-corrected chi connectivity index (χ4v) is 2.48. The minimum Gasteiger partial charge on any atom is -0.299 e. The molecule has 2 fully saturated rings. The second-order valence-corrected chi connectivity index (χ2v) is 4.07. The molecule has 0 aromatic carbocycles. The highest BCUT2D eigenvalue weighted by Crippen LogP contribution is 2.45. The first-order valence-electron chi connectivity index (χ1n) is 5.03. The summed E-state index contributed by atoms with van der Waals surface area (Å²) >= 11 is 0. The summed E-state index contributed by atoms with van der Waals surface area (Å²) in [4.78, 5) is 11.2. The molecule has 2 aliphatic carbocycles. The van der Waals surface area contributed by atoms with Crippen LogP contribution in [0.3, 0.4) is 0 Å². The summed E-state index contributed by atoms with van der Waals surface area (Å²) in [5.41, 5.74) is 1.58. The van der Waals surface area contributed by atoms with Gasteiger partial charge in [-0.2, -0.15) is 0 Å². The van der Waals surface area contributed by atoms with Crippen molar-refractivity contribution in [2.24, 2.45) is 11.8 Å². The van der Waals surface area contributed by atoms with E-state index in [0.717, 1.165) is 19.3 Å². The summed E-state index contributed by atoms with van der Waals surface area (Å²) in [6.45, 7) is 2.20. The summed E-state index contributed by atoms with van der Waals surface area (Å²) in [5, 5.41) is 0. The third-order valence-electron chi connectivity index (χ3n) is 3.17. The molecule has 2 saturated carbocycles. The van der Waals surface area contributed by atoms with E-state index in [1.165, 1.54) is 12.8 Å². The van der Waals surface area contributed by atoms with Crippen LogP contribution in [0.1, 0.15) is 39.0 Å². The van der Waals surface area contributed by atoms with Gasteiger partial charge in [-0.15, -0.1) is 0 Å². The fraction of sp³-hybridized carbons (Fsp3) is 0.727. The van der Waals surface area contributed by atoms with Crippen LogP contribution in [0.25, 0.3) is 0 Å². The average molecular weight is 164 g/mol. The van der Waals surface area contributed by atoms with E-state index >= 15 is 0 Å². The van der Waals surface area contributed by atoms with Crippen LogP contribution in [0, 0.1) is 11.8 Å². The zero-order chi connectivity index (χ0) is 8.55. The quantitative estimate of drug-likeness (QED) is 0.573. The first kappa shape index (κ1) is 8.03. The predicted octanol–water partition coefficient (Wildman–Crippen LogP) is 2.71. The van der Waals surface area contributed by atoms with Crippen molar-refractivity contribution in [1.29, 1.82) is 0 Å². The molecule has 2 rings (SSSR count). The Morgan fingerprint density at radius 1 is 1.42 bits per heavy atom. The molecular weight excluding hydrogens is 148 g/mol. The molecule has 0 heterocycles. The average Bonchev–Trinajstić information content (AvgIpc) is 2.58. The topological polar surface area (TPSA) is 17.1 Å². The number of carbonyl (C=O) groups is 1. The maximum absolute atomic E-state index is 11.2. The minimum atomic E-state index is 0.415. The van der Waals surface area contributed by atoms with Gasteiger partial charge < -0.3 is 0 Å². The second-order valence-electron chi connectivity index (χ2n) is 4.07. The van der Waals surface area contributed by atoms with Gasteiger partial charge in [-0.25, -0.2) is 0 Å². The van der Waals surface area contributed by atoms with E-state index in [1.807, 2.05) is 0 Å². The summed E-state index contributed by atoms with van der Waals surface area (Å²) in [6, 6.07) is 0. The van der Waals surface area contributed by atoms with Gasteiger partial charge in [0, 0.05) is 12.3 Å². The molecule has 2 atom stereocenters. The van der Waals surface area contributed by atoms with Crippen LogP contribution in [-0.4, -0.2) is 5.78 Å². The van der Waals surface area contributed by atoms with Crippen LogP contribution in [-0.2, 0) is 4.79 Å². The highest BCUT2D eigenvalue weighted by molar-refractivity contribution is 5.85. The maximum atomic E-state index is 11.2. The minimum absolute atomic E-state index is 0.415. The zero-order valence-corrected chi connectivity index (χ0v) is 7.68. The summed E-state index contributed by atoms with van der Waals surface area (Å²) < 4.78 is 0. The van der Waals surface area contributed by atoms with Crippen molar-refractivity contribution >= 4 is 5.78 Å². The first-order chi connectivity index (χ1) is 5.81. The molecule has 2 unspecified atom stereocenters. The van der Waals surface area contributed by atoms with Gasteiger partial charge >= 0.3 is 0 Å². The molecule has 0 saturated heterocycles. The van der Waals surface area contributed by atoms with Crippen LogP contribution in [0.2, 0.25) is 0 Å². The molecular formula is C11H16O. The van der Waals surface area contributed by atoms with E-state index in [0.29, 0.717) is 17.6 Å². The van der Waals surface area contributed by atoms with Gasteiger partial charge in [-0.3, -0.25) is 4.79 Å². The van der Waals surface area contributed by atoms with Crippen molar-refractivity contribution < 1.29 is 4.79 Å². The Labute approximate surface area is 73.8 Å². The van der Waals surface area contributed by atoms with Gasteiger partial charge in [0.15, 0.2) is 0 Å². The van der Waals surface area contributed by atoms with E-state index < -0.39 is 0 Å². The molecule has 0 spiro atoms. The van der Waals surface area contributed by atoms with Crippen molar-refractivity contribution in [3.8, 4) is 0 Å². The molecule has 0 aromatic rings. The van der Waals surface area contributed by atoms with Crippen molar-refractivity contribution in [2.75, 3.05) is 0 Å². The van der Waals surface area contributed by atoms with E-state index in [9.17, 15) is 4.79 Å². The number of hydrogen-bond donors (Lipinski definition) is 0. The van der Waals surface area contributed by atoms with Crippen molar-refractivity contribution in [3.05, 3.63) is 11.6 Å². The standard InChI is InChI=1S/C11H16O/c1-2-3-4-8-5-10-6-9(8)7-11(10)12/h4,9-10H,2-3,5-7H2,1H3. The maximum Gasteiger partial charge on any atom is 0.136 e. The Morgan fingerprint density at radius 3 is 2.75 bits per heavy atom. The molecule has 2 aliphatic rings. The Kier molecular flexibility index (Phi) is 2.03. The highest BCUT2D eigenvalue weighted by atomic mass is 16.1. The molecule has 0 aliphatic heterocycles. The van der Waals surface area contributed by atoms with Crippen LogP contribution in [0.15, 0.2) is 11.6 Å². The number of allylic oxidation sites excluding steroid dienone is 2. The van der Waals surface area contributed by atoms with Gasteiger partial charge in [0.25, 0.3) is 0 Å². The van der Waals surface area contributed by atoms with Gasteiger partial charge in [0.2, 0.25) is 0 Å². The lowest BCUT2D eigenvalue weighted by Crippen LogP contribution is -2.10. The number of rotatable bonds is 2. The summed E-state index contributed by atoms with van der Waals surface area (Å²) in [5.74, 6) is 1.58. The predicted molar refractivity (Wildman–Crippen MR) is 48.8 cm³/mol. The third-order valence-corrected chi connectivity index (χ3v) is 3.17. The number of carbonyl (C=O) groups excluding carboxylic acids is 1. The molecule has 0 N–H and O–H groups in total. The van der Waals surface area contributed by atoms with Gasteiger partial charge in [0.05, 0.1) is 0 Å². The number of ketones is 1. The van der Waals surface area contributed by atoms with Gasteiger partial charge in [-0.05, 0) is 25.2 Å². The zero-order valence-electron chi connectivity index (χ0n) is 7.68. The molecule has 0 amide bonds. The Hall–Kier alpha value is -0.590. The number of Topliss-reactive ketones (excluding diaryl/α,β-unsaturated/α-hetero) is 1. The monoisotopic (exact) mass is 164 g/mol. The number of hydrogen-bond acceptors (Lipinski definition) is 1. The van der Waals surface area contributed by atoms with Crippen molar-refractivity contribution in [1.82, 2.24) is 0 Å². The third kappa shape index (κ3) is 1.21. The molecule has 12 heavy (non-hydrogen) atoms. The van der Waals surface area contributed by atoms with Crippen LogP contribution in [0.5, 0.6) is 0 Å². The van der Waals surface area contributed by atoms with E-state index in [2.05, 4.69) is 13.0 Å². The normalized spacial score (nSPS) is 36.8. The first-order valence-corrected chi connectivity index (χ1v) is 5.03. The van der Waals surface area contributed by atoms with Gasteiger partial charge in [0.1, 0.15) is 5.78 Å². The Balaban J connectivity index is 2.02. The van der Waals surface area contributed by atoms with Gasteiger partial charge in [-0.1, -0.05) is 25.0 Å². The van der Waals surface area contributed by atoms with Crippen LogP contribution < -0.4 is 0 Å². The number of unbranched alkanes of at least 4 members (excludes halogenated alkanes) is 1. The molecule has 0 radical (unpaired) electrons. The molecule has 1 heteroatoms. The lowest BCUT2D eigenvalue weighted by atomic mass is 9.93. The van der Waals surface area contributed by atoms with Crippen molar-refractivity contribution in [3.63, 3.8) is 0 Å². The molecule has 66 valence electrons. The lowest BCUT2D eigenvalue weighted by molar-refractivity contribution is -0.121. The molecule has 1 nitrogen and oxygen atoms in total. The second kappa shape index (κ2) is 3.04. The largest absolute Gasteiger partial charge is 0.299 e. The molecule has 2 bridgehead atoms. The summed E-state index contributed by atoms with van der Waals surface area (Å²) in [6.07, 6.45) is 7.90. The van der Waals surface area contributed by atoms with Crippen molar-refractivity contribution in [2.45, 2.75) is 39.0 Å². The smallest absolute Gasteiger partial charge is 0.136 e. The van der Waals surface area contributed by atoms with Crippen LogP contribution >= 0.6 is 0 Å². The van der Waals surface area contributed by atoms with E-state index in [4.69, 9.17) is 0 Å². The van der Waals surface area contributed by atoms with E-state index in [-0.39, 0.29) is 0 Å². The summed E-state index contributed by atoms with van der Waals surface area (Å²) in [7, 11) is 0. The van der Waals surface area contributed by atoms with E-state index in [1.54, 1.807) is 5.57 Å². The Bertz CT molecular complexity index is 227. The highest BCUT2D eigenvalue weighted by Gasteiger charge is 2.41. The van der Waals surface area contributed by atoms with Crippen LogP contribution in [0.4, 0.5) is 0 Å². The molecule has 0 aromatic heterocycles. The fourth-order valence-electron chi connectivity index (χ4n) is 2.48. The Morgan fingerprint density at radius 2 is 2.25 bits per heavy atom. The SMILES string of the molecule is CCCC=C1CC2CC1CC2=O.